The number of carbonyl (C=O) groups excluding carboxylic acids is 1. The number of halogens is 3. The number of hydrogen-bond donors (Lipinski definition) is 2. The molecule has 0 atom stereocenters. The molecule has 1 aliphatic heterocycles. The van der Waals surface area contributed by atoms with Crippen molar-refractivity contribution in [1.29, 1.82) is 0 Å². The molecule has 1 aliphatic rings. The molecular formula is C21H16F3N3O2S2. The first-order valence-electron chi connectivity index (χ1n) is 9.08. The van der Waals surface area contributed by atoms with Crippen molar-refractivity contribution in [3.05, 3.63) is 76.4 Å². The normalized spacial score (nSPS) is 13.9. The third kappa shape index (κ3) is 4.10. The lowest BCUT2D eigenvalue weighted by atomic mass is 10.1. The molecule has 2 N–H and O–H groups in total. The van der Waals surface area contributed by atoms with Crippen molar-refractivity contribution in [3.63, 3.8) is 0 Å². The Kier molecular flexibility index (Phi) is 5.87. The van der Waals surface area contributed by atoms with Crippen LogP contribution in [0.1, 0.15) is 28.5 Å². The van der Waals surface area contributed by atoms with Crippen LogP contribution >= 0.6 is 23.7 Å². The molecule has 31 heavy (non-hydrogen) atoms. The second kappa shape index (κ2) is 8.45. The molecule has 2 aromatic carbocycles. The van der Waals surface area contributed by atoms with Crippen LogP contribution in [0.3, 0.4) is 0 Å². The first-order chi connectivity index (χ1) is 14.8. The van der Waals surface area contributed by atoms with E-state index < -0.39 is 17.5 Å². The van der Waals surface area contributed by atoms with Gasteiger partial charge >= 0.3 is 0 Å². The highest BCUT2D eigenvalue weighted by molar-refractivity contribution is 8.09. The summed E-state index contributed by atoms with van der Waals surface area (Å²) in [4.78, 5) is 16.6. The Morgan fingerprint density at radius 2 is 1.87 bits per heavy atom. The molecule has 0 radical (unpaired) electrons. The maximum absolute atomic E-state index is 14.5. The number of fused-ring (bicyclic) bond motifs is 1. The number of aryl methyl sites for hydroxylation is 1. The van der Waals surface area contributed by atoms with E-state index in [-0.39, 0.29) is 16.3 Å². The SMILES string of the molecule is CC1=C(c2cc3cc(F)ccc3nc2C)SCN1Sc1c(F)cc(C(=O)NO)cc1F. The summed E-state index contributed by atoms with van der Waals surface area (Å²) in [5, 5.41) is 9.32. The summed E-state index contributed by atoms with van der Waals surface area (Å²) in [6, 6.07) is 8.00. The third-order valence-corrected chi connectivity index (χ3v) is 7.35. The summed E-state index contributed by atoms with van der Waals surface area (Å²) in [7, 11) is 0. The summed E-state index contributed by atoms with van der Waals surface area (Å²) in [5.41, 5.74) is 4.10. The average molecular weight is 464 g/mol. The van der Waals surface area contributed by atoms with E-state index in [4.69, 9.17) is 5.21 Å². The Hall–Kier alpha value is -2.69. The number of hydroxylamine groups is 1. The lowest BCUT2D eigenvalue weighted by Gasteiger charge is -2.18. The quantitative estimate of drug-likeness (QED) is 0.303. The fraction of sp³-hybridized carbons (Fsp3) is 0.143. The molecule has 0 fully saturated rings. The van der Waals surface area contributed by atoms with E-state index in [0.717, 1.165) is 45.9 Å². The Balaban J connectivity index is 1.67. The number of carbonyl (C=O) groups is 1. The highest BCUT2D eigenvalue weighted by atomic mass is 32.2. The van der Waals surface area contributed by atoms with E-state index in [0.29, 0.717) is 16.8 Å². The van der Waals surface area contributed by atoms with Gasteiger partial charge in [0.2, 0.25) is 0 Å². The highest BCUT2D eigenvalue weighted by Gasteiger charge is 2.26. The van der Waals surface area contributed by atoms with Crippen LogP contribution in [0.25, 0.3) is 15.8 Å². The van der Waals surface area contributed by atoms with Gasteiger partial charge in [-0.2, -0.15) is 0 Å². The highest BCUT2D eigenvalue weighted by Crippen LogP contribution is 2.46. The molecule has 160 valence electrons. The Morgan fingerprint density at radius 1 is 1.16 bits per heavy atom. The maximum atomic E-state index is 14.5. The molecule has 0 aliphatic carbocycles. The molecule has 1 aromatic heterocycles. The van der Waals surface area contributed by atoms with Gasteiger partial charge in [0.15, 0.2) is 0 Å². The zero-order chi connectivity index (χ0) is 22.3. The van der Waals surface area contributed by atoms with Gasteiger partial charge < -0.3 is 4.31 Å². The number of nitrogens with one attached hydrogen (secondary N) is 1. The number of hydrogen-bond acceptors (Lipinski definition) is 6. The summed E-state index contributed by atoms with van der Waals surface area (Å²) < 4.78 is 44.3. The van der Waals surface area contributed by atoms with E-state index in [1.54, 1.807) is 10.4 Å². The van der Waals surface area contributed by atoms with Crippen molar-refractivity contribution in [1.82, 2.24) is 14.8 Å². The minimum absolute atomic E-state index is 0.258. The molecule has 4 rings (SSSR count). The molecule has 3 aromatic rings. The maximum Gasteiger partial charge on any atom is 0.274 e. The number of nitrogens with zero attached hydrogens (tertiary/aromatic N) is 2. The standard InChI is InChI=1S/C21H16F3N3O2S2/c1-10-15(6-12-5-14(22)3-4-18(12)25-10)19-11(2)27(9-30-19)31-20-16(23)7-13(8-17(20)24)21(28)26-29/h3-8,29H,9H2,1-2H3,(H,26,28). The van der Waals surface area contributed by atoms with Gasteiger partial charge in [-0.25, -0.2) is 18.7 Å². The summed E-state index contributed by atoms with van der Waals surface area (Å²) in [6.07, 6.45) is 0. The number of aromatic nitrogens is 1. The summed E-state index contributed by atoms with van der Waals surface area (Å²) in [5.74, 6) is -2.73. The fourth-order valence-electron chi connectivity index (χ4n) is 3.23. The van der Waals surface area contributed by atoms with Gasteiger partial charge in [-0.1, -0.05) is 0 Å². The number of amides is 1. The second-order valence-electron chi connectivity index (χ2n) is 6.83. The molecule has 0 unspecified atom stereocenters. The van der Waals surface area contributed by atoms with E-state index in [1.165, 1.54) is 29.4 Å². The first kappa shape index (κ1) is 21.5. The topological polar surface area (TPSA) is 65.5 Å². The van der Waals surface area contributed by atoms with Crippen LogP contribution in [0.2, 0.25) is 0 Å². The average Bonchev–Trinajstić information content (AvgIpc) is 3.09. The molecule has 5 nitrogen and oxygen atoms in total. The molecule has 10 heteroatoms. The molecule has 0 saturated heterocycles. The molecule has 2 heterocycles. The minimum Gasteiger partial charge on any atom is -0.305 e. The van der Waals surface area contributed by atoms with Gasteiger partial charge in [-0.05, 0) is 62.2 Å². The largest absolute Gasteiger partial charge is 0.305 e. The number of allylic oxidation sites excluding steroid dienone is 1. The van der Waals surface area contributed by atoms with Crippen LogP contribution in [0, 0.1) is 24.4 Å². The van der Waals surface area contributed by atoms with Gasteiger partial charge in [0.1, 0.15) is 22.3 Å². The van der Waals surface area contributed by atoms with Gasteiger partial charge in [-0.3, -0.25) is 15.0 Å². The van der Waals surface area contributed by atoms with Gasteiger partial charge in [0, 0.05) is 32.8 Å². The Bertz CT molecular complexity index is 1230. The predicted molar refractivity (Wildman–Crippen MR) is 115 cm³/mol. The molecule has 1 amide bonds. The monoisotopic (exact) mass is 463 g/mol. The fourth-order valence-corrected chi connectivity index (χ4v) is 5.52. The van der Waals surface area contributed by atoms with Crippen LogP contribution in [-0.4, -0.2) is 26.3 Å². The number of rotatable bonds is 4. The van der Waals surface area contributed by atoms with Gasteiger partial charge in [0.25, 0.3) is 5.91 Å². The van der Waals surface area contributed by atoms with Crippen molar-refractivity contribution in [3.8, 4) is 0 Å². The smallest absolute Gasteiger partial charge is 0.274 e. The van der Waals surface area contributed by atoms with E-state index in [1.807, 2.05) is 19.9 Å². The van der Waals surface area contributed by atoms with E-state index in [2.05, 4.69) is 4.98 Å². The molecule has 0 spiro atoms. The van der Waals surface area contributed by atoms with Crippen LogP contribution < -0.4 is 5.48 Å². The Labute approximate surface area is 184 Å². The van der Waals surface area contributed by atoms with Crippen molar-refractivity contribution in [2.24, 2.45) is 0 Å². The predicted octanol–water partition coefficient (Wildman–Crippen LogP) is 5.48. The van der Waals surface area contributed by atoms with Gasteiger partial charge in [-0.15, -0.1) is 11.8 Å². The lowest BCUT2D eigenvalue weighted by molar-refractivity contribution is 0.0705. The van der Waals surface area contributed by atoms with E-state index in [9.17, 15) is 18.0 Å². The van der Waals surface area contributed by atoms with Crippen LogP contribution in [0.4, 0.5) is 13.2 Å². The third-order valence-electron chi connectivity index (χ3n) is 4.80. The number of thioether (sulfide) groups is 1. The molecule has 0 saturated carbocycles. The molecule has 0 bridgehead atoms. The first-order valence-corrected chi connectivity index (χ1v) is 10.8. The summed E-state index contributed by atoms with van der Waals surface area (Å²) >= 11 is 2.37. The van der Waals surface area contributed by atoms with Crippen molar-refractivity contribution >= 4 is 45.4 Å². The van der Waals surface area contributed by atoms with Crippen LogP contribution in [0.5, 0.6) is 0 Å². The lowest BCUT2D eigenvalue weighted by Crippen LogP contribution is -2.19. The second-order valence-corrected chi connectivity index (χ2v) is 8.81. The summed E-state index contributed by atoms with van der Waals surface area (Å²) in [6.45, 7) is 3.69. The van der Waals surface area contributed by atoms with Crippen LogP contribution in [0.15, 0.2) is 47.0 Å². The van der Waals surface area contributed by atoms with Crippen molar-refractivity contribution in [2.75, 3.05) is 5.88 Å². The molecular weight excluding hydrogens is 447 g/mol. The Morgan fingerprint density at radius 3 is 2.55 bits per heavy atom. The van der Waals surface area contributed by atoms with E-state index >= 15 is 0 Å². The van der Waals surface area contributed by atoms with Crippen molar-refractivity contribution in [2.45, 2.75) is 18.7 Å². The van der Waals surface area contributed by atoms with Crippen LogP contribution in [-0.2, 0) is 0 Å². The number of pyridine rings is 1. The zero-order valence-corrected chi connectivity index (χ0v) is 18.0. The van der Waals surface area contributed by atoms with Crippen molar-refractivity contribution < 1.29 is 23.2 Å². The van der Waals surface area contributed by atoms with Gasteiger partial charge in [0.05, 0.1) is 11.4 Å². The minimum atomic E-state index is -1.000. The number of benzene rings is 2. The zero-order valence-electron chi connectivity index (χ0n) is 16.4.